The lowest BCUT2D eigenvalue weighted by Gasteiger charge is -2.37. The van der Waals surface area contributed by atoms with E-state index in [0.29, 0.717) is 17.3 Å². The van der Waals surface area contributed by atoms with Crippen molar-refractivity contribution in [2.45, 2.75) is 18.9 Å². The number of carbonyl (C=O) groups is 1. The van der Waals surface area contributed by atoms with Gasteiger partial charge in [0.15, 0.2) is 0 Å². The number of benzene rings is 1. The summed E-state index contributed by atoms with van der Waals surface area (Å²) in [6.45, 7) is 2.02. The summed E-state index contributed by atoms with van der Waals surface area (Å²) in [6.07, 6.45) is 2.39. The molecule has 0 aromatic heterocycles. The molecular formula is C14H22N4O. The molecule has 2 rings (SSSR count). The maximum Gasteiger partial charge on any atom is 0.250 e. The number of likely N-dealkylation sites (N-methyl/N-ethyl adjacent to an activating group) is 1. The van der Waals surface area contributed by atoms with Crippen molar-refractivity contribution in [3.05, 3.63) is 23.8 Å². The number of hydrogen-bond donors (Lipinski definition) is 2. The van der Waals surface area contributed by atoms with Gasteiger partial charge in [-0.1, -0.05) is 0 Å². The summed E-state index contributed by atoms with van der Waals surface area (Å²) in [5.41, 5.74) is 13.1. The van der Waals surface area contributed by atoms with Crippen molar-refractivity contribution in [1.29, 1.82) is 0 Å². The summed E-state index contributed by atoms with van der Waals surface area (Å²) >= 11 is 0. The molecule has 1 aromatic rings. The summed E-state index contributed by atoms with van der Waals surface area (Å²) < 4.78 is 0. The van der Waals surface area contributed by atoms with Crippen molar-refractivity contribution in [1.82, 2.24) is 4.90 Å². The highest BCUT2D eigenvalue weighted by Gasteiger charge is 2.22. The molecule has 0 saturated carbocycles. The molecule has 19 heavy (non-hydrogen) atoms. The maximum atomic E-state index is 11.2. The third-order valence-corrected chi connectivity index (χ3v) is 3.79. The van der Waals surface area contributed by atoms with Crippen LogP contribution < -0.4 is 16.4 Å². The Hall–Kier alpha value is -1.75. The predicted molar refractivity (Wildman–Crippen MR) is 78.3 cm³/mol. The van der Waals surface area contributed by atoms with E-state index in [1.54, 1.807) is 6.07 Å². The SMILES string of the molecule is CN(C)C1CCCN(c2ccc(C(N)=O)c(N)c2)C1. The number of piperidine rings is 1. The Morgan fingerprint density at radius 1 is 1.42 bits per heavy atom. The van der Waals surface area contributed by atoms with Crippen LogP contribution in [0.3, 0.4) is 0 Å². The zero-order chi connectivity index (χ0) is 14.0. The first-order valence-corrected chi connectivity index (χ1v) is 6.59. The standard InChI is InChI=1S/C14H22N4O/c1-17(2)11-4-3-7-18(9-11)10-5-6-12(14(16)19)13(15)8-10/h5-6,8,11H,3-4,7,9,15H2,1-2H3,(H2,16,19). The van der Waals surface area contributed by atoms with Crippen LogP contribution in [-0.2, 0) is 0 Å². The van der Waals surface area contributed by atoms with Crippen LogP contribution in [-0.4, -0.2) is 44.0 Å². The third kappa shape index (κ3) is 2.98. The molecule has 5 nitrogen and oxygen atoms in total. The van der Waals surface area contributed by atoms with Crippen molar-refractivity contribution in [2.75, 3.05) is 37.8 Å². The van der Waals surface area contributed by atoms with Crippen LogP contribution in [0.1, 0.15) is 23.2 Å². The van der Waals surface area contributed by atoms with Gasteiger partial charge in [0.25, 0.3) is 5.91 Å². The molecule has 0 bridgehead atoms. The quantitative estimate of drug-likeness (QED) is 0.794. The highest BCUT2D eigenvalue weighted by atomic mass is 16.1. The van der Waals surface area contributed by atoms with E-state index in [4.69, 9.17) is 11.5 Å². The molecule has 104 valence electrons. The topological polar surface area (TPSA) is 75.6 Å². The smallest absolute Gasteiger partial charge is 0.250 e. The van der Waals surface area contributed by atoms with Gasteiger partial charge < -0.3 is 21.3 Å². The number of nitrogens with zero attached hydrogens (tertiary/aromatic N) is 2. The van der Waals surface area contributed by atoms with E-state index < -0.39 is 5.91 Å². The van der Waals surface area contributed by atoms with Crippen LogP contribution >= 0.6 is 0 Å². The summed E-state index contributed by atoms with van der Waals surface area (Å²) in [5, 5.41) is 0. The lowest BCUT2D eigenvalue weighted by molar-refractivity contribution is 0.100. The minimum atomic E-state index is -0.478. The van der Waals surface area contributed by atoms with Crippen LogP contribution in [0.5, 0.6) is 0 Å². The average molecular weight is 262 g/mol. The molecule has 1 fully saturated rings. The second-order valence-electron chi connectivity index (χ2n) is 5.34. The summed E-state index contributed by atoms with van der Waals surface area (Å²) in [6, 6.07) is 6.05. The van der Waals surface area contributed by atoms with E-state index in [1.165, 1.54) is 12.8 Å². The normalized spacial score (nSPS) is 19.7. The van der Waals surface area contributed by atoms with Gasteiger partial charge in [-0.25, -0.2) is 0 Å². The maximum absolute atomic E-state index is 11.2. The minimum absolute atomic E-state index is 0.393. The number of nitrogens with two attached hydrogens (primary N) is 2. The lowest BCUT2D eigenvalue weighted by atomic mass is 10.0. The molecule has 5 heteroatoms. The van der Waals surface area contributed by atoms with Gasteiger partial charge in [-0.3, -0.25) is 4.79 Å². The fourth-order valence-electron chi connectivity index (χ4n) is 2.58. The molecule has 1 atom stereocenters. The van der Waals surface area contributed by atoms with Gasteiger partial charge >= 0.3 is 0 Å². The Morgan fingerprint density at radius 3 is 2.74 bits per heavy atom. The van der Waals surface area contributed by atoms with Crippen LogP contribution in [0.4, 0.5) is 11.4 Å². The first-order chi connectivity index (χ1) is 8.99. The molecule has 1 amide bonds. The van der Waals surface area contributed by atoms with E-state index in [9.17, 15) is 4.79 Å². The number of rotatable bonds is 3. The molecule has 1 aliphatic heterocycles. The average Bonchev–Trinajstić information content (AvgIpc) is 2.38. The van der Waals surface area contributed by atoms with Gasteiger partial charge in [0.2, 0.25) is 0 Å². The molecule has 4 N–H and O–H groups in total. The zero-order valence-electron chi connectivity index (χ0n) is 11.6. The number of hydrogen-bond acceptors (Lipinski definition) is 4. The Morgan fingerprint density at radius 2 is 2.16 bits per heavy atom. The van der Waals surface area contributed by atoms with Gasteiger partial charge in [0, 0.05) is 30.5 Å². The van der Waals surface area contributed by atoms with E-state index in [-0.39, 0.29) is 0 Å². The van der Waals surface area contributed by atoms with Gasteiger partial charge in [-0.2, -0.15) is 0 Å². The molecular weight excluding hydrogens is 240 g/mol. The van der Waals surface area contributed by atoms with E-state index >= 15 is 0 Å². The van der Waals surface area contributed by atoms with Crippen molar-refractivity contribution in [2.24, 2.45) is 5.73 Å². The van der Waals surface area contributed by atoms with E-state index in [0.717, 1.165) is 18.8 Å². The number of carbonyl (C=O) groups excluding carboxylic acids is 1. The monoisotopic (exact) mass is 262 g/mol. The Balaban J connectivity index is 2.18. The van der Waals surface area contributed by atoms with E-state index in [1.807, 2.05) is 12.1 Å². The van der Waals surface area contributed by atoms with Gasteiger partial charge in [-0.05, 0) is 45.1 Å². The van der Waals surface area contributed by atoms with Crippen LogP contribution in [0, 0.1) is 0 Å². The van der Waals surface area contributed by atoms with Crippen LogP contribution in [0.25, 0.3) is 0 Å². The van der Waals surface area contributed by atoms with Gasteiger partial charge in [-0.15, -0.1) is 0 Å². The summed E-state index contributed by atoms with van der Waals surface area (Å²) in [5.74, 6) is -0.478. The highest BCUT2D eigenvalue weighted by molar-refractivity contribution is 5.98. The predicted octanol–water partition coefficient (Wildman–Crippen LogP) is 0.898. The Labute approximate surface area is 114 Å². The minimum Gasteiger partial charge on any atom is -0.398 e. The summed E-state index contributed by atoms with van der Waals surface area (Å²) in [4.78, 5) is 15.7. The van der Waals surface area contributed by atoms with Crippen molar-refractivity contribution in [3.63, 3.8) is 0 Å². The first kappa shape index (κ1) is 13.7. The molecule has 1 unspecified atom stereocenters. The molecule has 1 aromatic carbocycles. The van der Waals surface area contributed by atoms with Crippen molar-refractivity contribution >= 4 is 17.3 Å². The van der Waals surface area contributed by atoms with Crippen molar-refractivity contribution in [3.8, 4) is 0 Å². The van der Waals surface area contributed by atoms with Gasteiger partial charge in [0.1, 0.15) is 0 Å². The summed E-state index contributed by atoms with van der Waals surface area (Å²) in [7, 11) is 4.22. The second kappa shape index (κ2) is 5.48. The largest absolute Gasteiger partial charge is 0.398 e. The number of nitrogen functional groups attached to an aromatic ring is 1. The number of amides is 1. The number of anilines is 2. The third-order valence-electron chi connectivity index (χ3n) is 3.79. The fourth-order valence-corrected chi connectivity index (χ4v) is 2.58. The molecule has 1 saturated heterocycles. The first-order valence-electron chi connectivity index (χ1n) is 6.59. The number of primary amides is 1. The van der Waals surface area contributed by atoms with Crippen molar-refractivity contribution < 1.29 is 4.79 Å². The van der Waals surface area contributed by atoms with Crippen LogP contribution in [0.2, 0.25) is 0 Å². The zero-order valence-corrected chi connectivity index (χ0v) is 11.6. The highest BCUT2D eigenvalue weighted by Crippen LogP contribution is 2.25. The molecule has 0 radical (unpaired) electrons. The Bertz CT molecular complexity index is 473. The van der Waals surface area contributed by atoms with E-state index in [2.05, 4.69) is 23.9 Å². The van der Waals surface area contributed by atoms with Crippen LogP contribution in [0.15, 0.2) is 18.2 Å². The van der Waals surface area contributed by atoms with Gasteiger partial charge in [0.05, 0.1) is 5.56 Å². The molecule has 1 aliphatic rings. The Kier molecular flexibility index (Phi) is 3.95. The molecule has 0 spiro atoms. The lowest BCUT2D eigenvalue weighted by Crippen LogP contribution is -2.45. The second-order valence-corrected chi connectivity index (χ2v) is 5.34. The fraction of sp³-hybridized carbons (Fsp3) is 0.500. The molecule has 0 aliphatic carbocycles. The molecule has 1 heterocycles.